The second-order valence-electron chi connectivity index (χ2n) is 4.28. The van der Waals surface area contributed by atoms with Gasteiger partial charge in [-0.25, -0.2) is 13.8 Å². The maximum Gasteiger partial charge on any atom is 0.333 e. The van der Waals surface area contributed by atoms with Crippen LogP contribution in [-0.4, -0.2) is 14.7 Å². The van der Waals surface area contributed by atoms with Gasteiger partial charge in [0, 0.05) is 6.07 Å². The van der Waals surface area contributed by atoms with E-state index in [0.717, 1.165) is 16.7 Å². The number of nitrogens with one attached hydrogen (secondary N) is 1. The van der Waals surface area contributed by atoms with Crippen LogP contribution in [0.3, 0.4) is 0 Å². The van der Waals surface area contributed by atoms with Crippen LogP contribution in [0.15, 0.2) is 52.1 Å². The number of halogens is 1. The molecule has 0 atom stereocenters. The zero-order valence-electron chi connectivity index (χ0n) is 10.1. The fourth-order valence-corrected chi connectivity index (χ4v) is 2.05. The minimum absolute atomic E-state index is 0.0629. The van der Waals surface area contributed by atoms with E-state index in [1.807, 2.05) is 0 Å². The number of aromatic amines is 1. The van der Waals surface area contributed by atoms with Crippen molar-refractivity contribution in [1.82, 2.24) is 9.55 Å². The molecule has 0 aliphatic carbocycles. The Labute approximate surface area is 111 Å². The van der Waals surface area contributed by atoms with Gasteiger partial charge in [0.05, 0.1) is 16.6 Å². The van der Waals surface area contributed by atoms with Crippen molar-refractivity contribution >= 4 is 10.9 Å². The van der Waals surface area contributed by atoms with Crippen molar-refractivity contribution in [3.63, 3.8) is 0 Å². The highest BCUT2D eigenvalue weighted by atomic mass is 19.1. The Morgan fingerprint density at radius 1 is 1.10 bits per heavy atom. The Hall–Kier alpha value is -2.89. The molecule has 3 rings (SSSR count). The van der Waals surface area contributed by atoms with Crippen molar-refractivity contribution in [2.24, 2.45) is 0 Å². The summed E-state index contributed by atoms with van der Waals surface area (Å²) in [5.74, 6) is -0.641. The van der Waals surface area contributed by atoms with Gasteiger partial charge in [0.15, 0.2) is 0 Å². The van der Waals surface area contributed by atoms with Crippen molar-refractivity contribution in [2.75, 3.05) is 0 Å². The van der Waals surface area contributed by atoms with Gasteiger partial charge in [-0.2, -0.15) is 0 Å². The molecule has 2 aromatic carbocycles. The summed E-state index contributed by atoms with van der Waals surface area (Å²) in [6.07, 6.45) is 0. The predicted molar refractivity (Wildman–Crippen MR) is 71.8 cm³/mol. The normalized spacial score (nSPS) is 10.8. The second-order valence-corrected chi connectivity index (χ2v) is 4.28. The molecule has 2 N–H and O–H groups in total. The third kappa shape index (κ3) is 1.87. The largest absolute Gasteiger partial charge is 0.508 e. The molecule has 0 radical (unpaired) electrons. The first kappa shape index (κ1) is 12.2. The molecule has 20 heavy (non-hydrogen) atoms. The molecular weight excluding hydrogens is 263 g/mol. The molecule has 6 heteroatoms. The van der Waals surface area contributed by atoms with E-state index in [4.69, 9.17) is 0 Å². The minimum Gasteiger partial charge on any atom is -0.508 e. The smallest absolute Gasteiger partial charge is 0.333 e. The Balaban J connectivity index is 2.42. The molecule has 0 aliphatic heterocycles. The van der Waals surface area contributed by atoms with Gasteiger partial charge in [-0.15, -0.1) is 0 Å². The Morgan fingerprint density at radius 2 is 1.90 bits per heavy atom. The molecule has 0 amide bonds. The number of phenols is 1. The Morgan fingerprint density at radius 3 is 2.65 bits per heavy atom. The summed E-state index contributed by atoms with van der Waals surface area (Å²) < 4.78 is 14.1. The molecule has 5 nitrogen and oxygen atoms in total. The lowest BCUT2D eigenvalue weighted by Crippen LogP contribution is -2.33. The average Bonchev–Trinajstić information content (AvgIpc) is 2.40. The summed E-state index contributed by atoms with van der Waals surface area (Å²) in [7, 11) is 0. The van der Waals surface area contributed by atoms with Crippen molar-refractivity contribution in [1.29, 1.82) is 0 Å². The number of nitrogens with zero attached hydrogens (tertiary/aromatic N) is 1. The fraction of sp³-hybridized carbons (Fsp3) is 0. The lowest BCUT2D eigenvalue weighted by molar-refractivity contribution is 0.475. The Kier molecular flexibility index (Phi) is 2.64. The molecule has 0 fully saturated rings. The number of aromatic nitrogens is 2. The van der Waals surface area contributed by atoms with E-state index in [0.29, 0.717) is 0 Å². The summed E-state index contributed by atoms with van der Waals surface area (Å²) in [6.45, 7) is 0. The molecule has 1 aromatic heterocycles. The topological polar surface area (TPSA) is 75.1 Å². The maximum absolute atomic E-state index is 13.2. The molecule has 1 heterocycles. The van der Waals surface area contributed by atoms with Crippen molar-refractivity contribution in [3.8, 4) is 11.4 Å². The first-order chi connectivity index (χ1) is 9.56. The minimum atomic E-state index is -0.653. The molecule has 0 aliphatic rings. The molecule has 0 unspecified atom stereocenters. The van der Waals surface area contributed by atoms with Crippen molar-refractivity contribution in [3.05, 3.63) is 69.1 Å². The zero-order chi connectivity index (χ0) is 14.3. The lowest BCUT2D eigenvalue weighted by Gasteiger charge is -2.06. The van der Waals surface area contributed by atoms with Gasteiger partial charge in [0.25, 0.3) is 5.56 Å². The summed E-state index contributed by atoms with van der Waals surface area (Å²) in [4.78, 5) is 26.8. The number of aromatic hydroxyl groups is 1. The van der Waals surface area contributed by atoms with Gasteiger partial charge in [0.1, 0.15) is 11.6 Å². The number of hydrogen-bond donors (Lipinski definition) is 2. The SMILES string of the molecule is O=c1[nH]c2ccc(F)cc2c(=O)n1-c1cccc(O)c1. The number of fused-ring (bicyclic) bond motifs is 1. The van der Waals surface area contributed by atoms with Gasteiger partial charge in [-0.3, -0.25) is 4.79 Å². The van der Waals surface area contributed by atoms with Gasteiger partial charge in [-0.05, 0) is 30.3 Å². The molecule has 0 saturated heterocycles. The quantitative estimate of drug-likeness (QED) is 0.705. The zero-order valence-corrected chi connectivity index (χ0v) is 10.1. The highest BCUT2D eigenvalue weighted by Gasteiger charge is 2.10. The van der Waals surface area contributed by atoms with E-state index >= 15 is 0 Å². The number of rotatable bonds is 1. The average molecular weight is 272 g/mol. The number of H-pyrrole nitrogens is 1. The van der Waals surface area contributed by atoms with Gasteiger partial charge in [-0.1, -0.05) is 6.07 Å². The van der Waals surface area contributed by atoms with E-state index in [1.54, 1.807) is 0 Å². The second kappa shape index (κ2) is 4.34. The van der Waals surface area contributed by atoms with Crippen LogP contribution in [-0.2, 0) is 0 Å². The predicted octanol–water partition coefficient (Wildman–Crippen LogP) is 1.52. The number of benzene rings is 2. The summed E-state index contributed by atoms with van der Waals surface area (Å²) >= 11 is 0. The van der Waals surface area contributed by atoms with Crippen LogP contribution < -0.4 is 11.2 Å². The van der Waals surface area contributed by atoms with Gasteiger partial charge < -0.3 is 10.1 Å². The molecule has 3 aromatic rings. The van der Waals surface area contributed by atoms with Crippen LogP contribution in [0.25, 0.3) is 16.6 Å². The monoisotopic (exact) mass is 272 g/mol. The van der Waals surface area contributed by atoms with Crippen LogP contribution in [0.1, 0.15) is 0 Å². The van der Waals surface area contributed by atoms with Crippen LogP contribution in [0.4, 0.5) is 4.39 Å². The third-order valence-electron chi connectivity index (χ3n) is 2.95. The summed E-state index contributed by atoms with van der Waals surface area (Å²) in [5, 5.41) is 9.49. The molecular formula is C14H9FN2O3. The van der Waals surface area contributed by atoms with E-state index in [1.165, 1.54) is 30.3 Å². The van der Waals surface area contributed by atoms with E-state index < -0.39 is 17.1 Å². The van der Waals surface area contributed by atoms with Crippen LogP contribution in [0.2, 0.25) is 0 Å². The maximum atomic E-state index is 13.2. The fourth-order valence-electron chi connectivity index (χ4n) is 2.05. The standard InChI is InChI=1S/C14H9FN2O3/c15-8-4-5-12-11(6-8)13(19)17(14(20)16-12)9-2-1-3-10(18)7-9/h1-7,18H,(H,16,20). The molecule has 0 bridgehead atoms. The highest BCUT2D eigenvalue weighted by molar-refractivity contribution is 5.77. The molecule has 0 saturated carbocycles. The van der Waals surface area contributed by atoms with Crippen molar-refractivity contribution in [2.45, 2.75) is 0 Å². The van der Waals surface area contributed by atoms with E-state index in [-0.39, 0.29) is 22.3 Å². The molecule has 100 valence electrons. The lowest BCUT2D eigenvalue weighted by atomic mass is 10.2. The van der Waals surface area contributed by atoms with Crippen LogP contribution >= 0.6 is 0 Å². The summed E-state index contributed by atoms with van der Waals surface area (Å²) in [5.41, 5.74) is -0.825. The van der Waals surface area contributed by atoms with E-state index in [9.17, 15) is 19.1 Å². The highest BCUT2D eigenvalue weighted by Crippen LogP contribution is 2.13. The number of phenolic OH excluding ortho intramolecular Hbond substituents is 1. The third-order valence-corrected chi connectivity index (χ3v) is 2.95. The number of hydrogen-bond acceptors (Lipinski definition) is 3. The Bertz CT molecular complexity index is 928. The van der Waals surface area contributed by atoms with Crippen LogP contribution in [0.5, 0.6) is 5.75 Å². The molecule has 0 spiro atoms. The van der Waals surface area contributed by atoms with Gasteiger partial charge in [0.2, 0.25) is 0 Å². The van der Waals surface area contributed by atoms with Crippen LogP contribution in [0, 0.1) is 5.82 Å². The van der Waals surface area contributed by atoms with E-state index in [2.05, 4.69) is 4.98 Å². The first-order valence-corrected chi connectivity index (χ1v) is 5.80. The van der Waals surface area contributed by atoms with Gasteiger partial charge >= 0.3 is 5.69 Å². The van der Waals surface area contributed by atoms with Crippen molar-refractivity contribution < 1.29 is 9.50 Å². The summed E-state index contributed by atoms with van der Waals surface area (Å²) in [6, 6.07) is 9.27. The first-order valence-electron chi connectivity index (χ1n) is 5.80.